The molecule has 0 saturated heterocycles. The largest absolute Gasteiger partial charge is 0.495 e. The van der Waals surface area contributed by atoms with Crippen LogP contribution in [-0.4, -0.2) is 24.0 Å². The average Bonchev–Trinajstić information content (AvgIpc) is 2.95. The highest BCUT2D eigenvalue weighted by Gasteiger charge is 2.41. The molecule has 0 fully saturated rings. The van der Waals surface area contributed by atoms with Crippen molar-refractivity contribution in [1.82, 2.24) is 0 Å². The van der Waals surface area contributed by atoms with Crippen molar-refractivity contribution in [2.45, 2.75) is 19.1 Å². The van der Waals surface area contributed by atoms with Gasteiger partial charge in [-0.1, -0.05) is 48.5 Å². The number of aliphatic imine (C=N–C) groups is 1. The van der Waals surface area contributed by atoms with Gasteiger partial charge in [0.15, 0.2) is 0 Å². The zero-order valence-corrected chi connectivity index (χ0v) is 21.8. The maximum absolute atomic E-state index is 15.1. The van der Waals surface area contributed by atoms with Crippen LogP contribution in [0.15, 0.2) is 89.9 Å². The normalized spacial score (nSPS) is 15.6. The number of aliphatic carboxylic acids is 1. The number of carbonyl (C=O) groups is 1. The van der Waals surface area contributed by atoms with Crippen molar-refractivity contribution in [3.63, 3.8) is 0 Å². The predicted molar refractivity (Wildman–Crippen MR) is 144 cm³/mol. The first-order valence-corrected chi connectivity index (χ1v) is 12.5. The van der Waals surface area contributed by atoms with E-state index in [-0.39, 0.29) is 28.5 Å². The van der Waals surface area contributed by atoms with Crippen LogP contribution in [0.4, 0.5) is 33.3 Å². The summed E-state index contributed by atoms with van der Waals surface area (Å²) in [4.78, 5) is 18.2. The fourth-order valence-corrected chi connectivity index (χ4v) is 4.95. The molecule has 0 aliphatic carbocycles. The van der Waals surface area contributed by atoms with E-state index in [9.17, 15) is 27.5 Å². The molecule has 210 valence electrons. The van der Waals surface area contributed by atoms with E-state index in [2.05, 4.69) is 4.99 Å². The fourth-order valence-electron chi connectivity index (χ4n) is 4.95. The molecule has 10 heteroatoms. The minimum absolute atomic E-state index is 0.0177. The van der Waals surface area contributed by atoms with Crippen molar-refractivity contribution in [2.24, 2.45) is 10.9 Å². The molecule has 0 spiro atoms. The highest BCUT2D eigenvalue weighted by molar-refractivity contribution is 6.14. The molecule has 1 aliphatic rings. The third kappa shape index (κ3) is 5.25. The Balaban J connectivity index is 1.77. The van der Waals surface area contributed by atoms with E-state index in [1.807, 2.05) is 0 Å². The molecule has 0 aromatic heterocycles. The van der Waals surface area contributed by atoms with Crippen LogP contribution < -0.4 is 9.64 Å². The molecule has 4 aromatic rings. The lowest BCUT2D eigenvalue weighted by Gasteiger charge is -2.41. The number of carboxylic acid groups (broad SMARTS) is 1. The molecule has 41 heavy (non-hydrogen) atoms. The number of hydrogen-bond donors (Lipinski definition) is 1. The van der Waals surface area contributed by atoms with Crippen LogP contribution in [0.3, 0.4) is 0 Å². The first-order chi connectivity index (χ1) is 19.5. The topological polar surface area (TPSA) is 62.1 Å². The van der Waals surface area contributed by atoms with Crippen LogP contribution in [0.25, 0.3) is 11.1 Å². The summed E-state index contributed by atoms with van der Waals surface area (Å²) >= 11 is 0. The quantitative estimate of drug-likeness (QED) is 0.240. The van der Waals surface area contributed by atoms with Gasteiger partial charge >= 0.3 is 12.1 Å². The predicted octanol–water partition coefficient (Wildman–Crippen LogP) is 8.02. The first-order valence-electron chi connectivity index (χ1n) is 12.5. The van der Waals surface area contributed by atoms with E-state index >= 15 is 4.39 Å². The van der Waals surface area contributed by atoms with E-state index in [0.717, 1.165) is 18.2 Å². The molecular formula is C31H23F5N2O3. The van der Waals surface area contributed by atoms with Crippen molar-refractivity contribution < 1.29 is 36.6 Å². The van der Waals surface area contributed by atoms with E-state index in [0.29, 0.717) is 16.7 Å². The Morgan fingerprint density at radius 1 is 0.927 bits per heavy atom. The zero-order valence-electron chi connectivity index (χ0n) is 21.8. The van der Waals surface area contributed by atoms with Gasteiger partial charge in [0.25, 0.3) is 0 Å². The molecule has 1 heterocycles. The Morgan fingerprint density at radius 2 is 1.61 bits per heavy atom. The number of carboxylic acids is 1. The minimum atomic E-state index is -4.71. The summed E-state index contributed by atoms with van der Waals surface area (Å²) in [5, 5.41) is 10.0. The van der Waals surface area contributed by atoms with Gasteiger partial charge in [0.1, 0.15) is 28.9 Å². The van der Waals surface area contributed by atoms with Gasteiger partial charge in [-0.15, -0.1) is 0 Å². The fraction of sp³-hybridized carbons (Fsp3) is 0.161. The molecule has 0 radical (unpaired) electrons. The summed E-state index contributed by atoms with van der Waals surface area (Å²) in [6.07, 6.45) is -4.71. The Morgan fingerprint density at radius 3 is 2.24 bits per heavy atom. The third-order valence-corrected chi connectivity index (χ3v) is 6.99. The van der Waals surface area contributed by atoms with Gasteiger partial charge in [-0.05, 0) is 54.4 Å². The number of hydrogen-bond acceptors (Lipinski definition) is 4. The molecule has 5 rings (SSSR count). The van der Waals surface area contributed by atoms with E-state index in [1.54, 1.807) is 36.4 Å². The van der Waals surface area contributed by atoms with Gasteiger partial charge < -0.3 is 14.7 Å². The highest BCUT2D eigenvalue weighted by atomic mass is 19.4. The van der Waals surface area contributed by atoms with Crippen molar-refractivity contribution >= 4 is 23.2 Å². The number of benzene rings is 4. The summed E-state index contributed by atoms with van der Waals surface area (Å²) in [7, 11) is 1.28. The Labute approximate surface area is 232 Å². The van der Waals surface area contributed by atoms with Crippen LogP contribution >= 0.6 is 0 Å². The second-order valence-electron chi connectivity index (χ2n) is 9.53. The number of alkyl halides is 3. The second-order valence-corrected chi connectivity index (χ2v) is 9.53. The van der Waals surface area contributed by atoms with Crippen LogP contribution in [0.2, 0.25) is 0 Å². The molecule has 1 aliphatic heterocycles. The van der Waals surface area contributed by atoms with Gasteiger partial charge in [0.2, 0.25) is 0 Å². The molecule has 2 atom stereocenters. The summed E-state index contributed by atoms with van der Waals surface area (Å²) in [6, 6.07) is 18.3. The summed E-state index contributed by atoms with van der Waals surface area (Å²) in [5.41, 5.74) is 0.601. The minimum Gasteiger partial charge on any atom is -0.495 e. The van der Waals surface area contributed by atoms with Gasteiger partial charge in [-0.3, -0.25) is 4.79 Å². The maximum Gasteiger partial charge on any atom is 0.416 e. The number of methoxy groups -OCH3 is 1. The summed E-state index contributed by atoms with van der Waals surface area (Å²) in [5.74, 6) is -3.55. The average molecular weight is 567 g/mol. The number of ether oxygens (including phenoxy) is 1. The Hall–Kier alpha value is -4.73. The van der Waals surface area contributed by atoms with Crippen molar-refractivity contribution in [2.75, 3.05) is 12.0 Å². The molecule has 0 saturated carbocycles. The van der Waals surface area contributed by atoms with E-state index in [4.69, 9.17) is 4.74 Å². The molecule has 2 unspecified atom stereocenters. The van der Waals surface area contributed by atoms with Crippen LogP contribution in [0.5, 0.6) is 5.75 Å². The van der Waals surface area contributed by atoms with Crippen LogP contribution in [0, 0.1) is 17.6 Å². The molecule has 0 bridgehead atoms. The number of rotatable bonds is 6. The van der Waals surface area contributed by atoms with E-state index in [1.165, 1.54) is 49.3 Å². The third-order valence-electron chi connectivity index (χ3n) is 6.99. The lowest BCUT2D eigenvalue weighted by atomic mass is 9.88. The molecule has 1 N–H and O–H groups in total. The smallest absolute Gasteiger partial charge is 0.416 e. The van der Waals surface area contributed by atoms with Crippen LogP contribution in [0.1, 0.15) is 29.7 Å². The van der Waals surface area contributed by atoms with Gasteiger partial charge in [0, 0.05) is 11.1 Å². The van der Waals surface area contributed by atoms with Crippen LogP contribution in [-0.2, 0) is 11.0 Å². The summed E-state index contributed by atoms with van der Waals surface area (Å²) < 4.78 is 75.9. The van der Waals surface area contributed by atoms with Gasteiger partial charge in [0.05, 0.1) is 30.3 Å². The SMILES string of the molecule is COc1ccc(C(F)(F)F)cc1N1C(c2ccc(-c3cccc(F)c3)cc2)=Nc2c(F)cccc2C1C(C)C(=O)O. The van der Waals surface area contributed by atoms with Gasteiger partial charge in [-0.25, -0.2) is 13.8 Å². The molecular weight excluding hydrogens is 543 g/mol. The number of halogens is 5. The first kappa shape index (κ1) is 27.8. The van der Waals surface area contributed by atoms with Crippen molar-refractivity contribution in [3.8, 4) is 16.9 Å². The molecule has 5 nitrogen and oxygen atoms in total. The number of anilines is 1. The second kappa shape index (κ2) is 10.7. The summed E-state index contributed by atoms with van der Waals surface area (Å²) in [6.45, 7) is 1.39. The molecule has 0 amide bonds. The van der Waals surface area contributed by atoms with Crippen molar-refractivity contribution in [3.05, 3.63) is 113 Å². The standard InChI is InChI=1S/C31H23F5N2O3/c1-17(30(39)40)28-23-7-4-8-24(33)27(23)37-29(19-11-9-18(10-12-19)20-5-3-6-22(32)15-20)38(28)25-16-21(31(34,35)36)13-14-26(25)41-2/h3-17,28H,1-2H3,(H,39,40). The number of nitrogens with zero attached hydrogens (tertiary/aromatic N) is 2. The number of amidine groups is 1. The maximum atomic E-state index is 15.1. The monoisotopic (exact) mass is 566 g/mol. The lowest BCUT2D eigenvalue weighted by molar-refractivity contribution is -0.142. The van der Waals surface area contributed by atoms with Gasteiger partial charge in [-0.2, -0.15) is 13.2 Å². The van der Waals surface area contributed by atoms with E-state index < -0.39 is 41.3 Å². The molecule has 4 aromatic carbocycles. The number of para-hydroxylation sites is 1. The highest BCUT2D eigenvalue weighted by Crippen LogP contribution is 2.48. The lowest BCUT2D eigenvalue weighted by Crippen LogP contribution is -2.43. The Kier molecular flexibility index (Phi) is 7.25. The number of fused-ring (bicyclic) bond motifs is 1. The Bertz CT molecular complexity index is 1650. The zero-order chi connectivity index (χ0) is 29.5. The van der Waals surface area contributed by atoms with Crippen molar-refractivity contribution in [1.29, 1.82) is 0 Å².